The van der Waals surface area contributed by atoms with Crippen LogP contribution in [0.3, 0.4) is 0 Å². The summed E-state index contributed by atoms with van der Waals surface area (Å²) < 4.78 is 0. The maximum atomic E-state index is 2.44. The van der Waals surface area contributed by atoms with E-state index in [0.29, 0.717) is 0 Å². The third kappa shape index (κ3) is 3.64. The zero-order valence-electron chi connectivity index (χ0n) is 11.2. The van der Waals surface area contributed by atoms with Crippen LogP contribution < -0.4 is 0 Å². The molecule has 1 atom stereocenters. The summed E-state index contributed by atoms with van der Waals surface area (Å²) in [6.45, 7) is 8.64. The Balaban J connectivity index is 0.000000606. The van der Waals surface area contributed by atoms with Gasteiger partial charge in [-0.3, -0.25) is 0 Å². The van der Waals surface area contributed by atoms with Crippen molar-refractivity contribution >= 4 is 0 Å². The highest BCUT2D eigenvalue weighted by atomic mass is 15.1. The van der Waals surface area contributed by atoms with Gasteiger partial charge >= 0.3 is 0 Å². The molecule has 0 aliphatic carbocycles. The zero-order chi connectivity index (χ0) is 12.0. The summed E-state index contributed by atoms with van der Waals surface area (Å²) >= 11 is 0. The summed E-state index contributed by atoms with van der Waals surface area (Å²) in [5.74, 6) is 0.759. The number of rotatable bonds is 1. The van der Waals surface area contributed by atoms with Crippen molar-refractivity contribution in [3.8, 4) is 0 Å². The molecule has 0 N–H and O–H groups in total. The molecule has 1 nitrogen and oxygen atoms in total. The number of benzene rings is 1. The van der Waals surface area contributed by atoms with Crippen LogP contribution in [0.5, 0.6) is 0 Å². The fourth-order valence-corrected chi connectivity index (χ4v) is 2.28. The Labute approximate surface area is 100 Å². The number of hydrogen-bond donors (Lipinski definition) is 0. The first-order valence-electron chi connectivity index (χ1n) is 6.51. The van der Waals surface area contributed by atoms with Gasteiger partial charge in [-0.05, 0) is 44.8 Å². The normalized spacial score (nSPS) is 21.1. The number of likely N-dealkylation sites (tertiary alicyclic amines) is 1. The van der Waals surface area contributed by atoms with Crippen LogP contribution in [0.2, 0.25) is 0 Å². The minimum absolute atomic E-state index is 0.759. The average molecular weight is 219 g/mol. The highest BCUT2D eigenvalue weighted by Crippen LogP contribution is 2.26. The monoisotopic (exact) mass is 219 g/mol. The van der Waals surface area contributed by atoms with Crippen molar-refractivity contribution < 1.29 is 0 Å². The molecule has 1 heteroatoms. The highest BCUT2D eigenvalue weighted by molar-refractivity contribution is 5.25. The lowest BCUT2D eigenvalue weighted by atomic mass is 9.90. The van der Waals surface area contributed by atoms with Gasteiger partial charge in [-0.2, -0.15) is 0 Å². The molecule has 1 aliphatic rings. The molecule has 16 heavy (non-hydrogen) atoms. The van der Waals surface area contributed by atoms with Crippen LogP contribution >= 0.6 is 0 Å². The van der Waals surface area contributed by atoms with E-state index in [1.165, 1.54) is 37.1 Å². The maximum Gasteiger partial charge on any atom is 0.00472 e. The lowest BCUT2D eigenvalue weighted by Crippen LogP contribution is -2.30. The van der Waals surface area contributed by atoms with E-state index in [0.717, 1.165) is 5.92 Å². The summed E-state index contributed by atoms with van der Waals surface area (Å²) in [6, 6.07) is 9.03. The second-order valence-corrected chi connectivity index (χ2v) is 4.51. The number of likely N-dealkylation sites (N-methyl/N-ethyl adjacent to an activating group) is 1. The SMILES string of the molecule is CC.Cc1ccc(C2CCCN(C)C2)cc1. The van der Waals surface area contributed by atoms with Crippen molar-refractivity contribution in [2.45, 2.75) is 39.5 Å². The van der Waals surface area contributed by atoms with E-state index in [2.05, 4.69) is 43.1 Å². The maximum absolute atomic E-state index is 2.44. The Kier molecular flexibility index (Phi) is 5.54. The van der Waals surface area contributed by atoms with Gasteiger partial charge < -0.3 is 4.90 Å². The summed E-state index contributed by atoms with van der Waals surface area (Å²) in [4.78, 5) is 2.44. The first-order chi connectivity index (χ1) is 7.75. The van der Waals surface area contributed by atoms with E-state index in [-0.39, 0.29) is 0 Å². The molecule has 1 aromatic carbocycles. The highest BCUT2D eigenvalue weighted by Gasteiger charge is 2.18. The minimum atomic E-state index is 0.759. The first kappa shape index (κ1) is 13.2. The fourth-order valence-electron chi connectivity index (χ4n) is 2.28. The van der Waals surface area contributed by atoms with Gasteiger partial charge in [-0.1, -0.05) is 43.7 Å². The van der Waals surface area contributed by atoms with Crippen LogP contribution in [0, 0.1) is 6.92 Å². The van der Waals surface area contributed by atoms with E-state index in [4.69, 9.17) is 0 Å². The molecular weight excluding hydrogens is 194 g/mol. The van der Waals surface area contributed by atoms with E-state index in [1.807, 2.05) is 13.8 Å². The third-order valence-corrected chi connectivity index (χ3v) is 3.17. The third-order valence-electron chi connectivity index (χ3n) is 3.17. The summed E-state index contributed by atoms with van der Waals surface area (Å²) in [7, 11) is 2.22. The van der Waals surface area contributed by atoms with Crippen LogP contribution in [0.15, 0.2) is 24.3 Å². The zero-order valence-corrected chi connectivity index (χ0v) is 11.2. The van der Waals surface area contributed by atoms with Gasteiger partial charge in [0.15, 0.2) is 0 Å². The lowest BCUT2D eigenvalue weighted by molar-refractivity contribution is 0.251. The van der Waals surface area contributed by atoms with Crippen molar-refractivity contribution in [2.75, 3.05) is 20.1 Å². The molecule has 0 amide bonds. The number of hydrogen-bond acceptors (Lipinski definition) is 1. The molecule has 0 spiro atoms. The molecule has 1 aromatic rings. The van der Waals surface area contributed by atoms with Gasteiger partial charge in [0, 0.05) is 6.54 Å². The summed E-state index contributed by atoms with van der Waals surface area (Å²) in [5, 5.41) is 0. The van der Waals surface area contributed by atoms with Crippen molar-refractivity contribution in [1.82, 2.24) is 4.90 Å². The topological polar surface area (TPSA) is 3.24 Å². The fraction of sp³-hybridized carbons (Fsp3) is 0.600. The standard InChI is InChI=1S/C13H19N.C2H6/c1-11-5-7-12(8-6-11)13-4-3-9-14(2)10-13;1-2/h5-8,13H,3-4,9-10H2,1-2H3;1-2H3. The van der Waals surface area contributed by atoms with Gasteiger partial charge in [0.25, 0.3) is 0 Å². The number of piperidine rings is 1. The van der Waals surface area contributed by atoms with Crippen molar-refractivity contribution in [3.63, 3.8) is 0 Å². The molecular formula is C15H25N. The van der Waals surface area contributed by atoms with Gasteiger partial charge in [0.05, 0.1) is 0 Å². The molecule has 1 fully saturated rings. The number of aryl methyl sites for hydroxylation is 1. The molecule has 1 unspecified atom stereocenters. The van der Waals surface area contributed by atoms with Crippen LogP contribution in [0.4, 0.5) is 0 Å². The van der Waals surface area contributed by atoms with E-state index in [1.54, 1.807) is 0 Å². The Morgan fingerprint density at radius 3 is 2.31 bits per heavy atom. The smallest absolute Gasteiger partial charge is 0.00472 e. The van der Waals surface area contributed by atoms with Crippen LogP contribution in [-0.2, 0) is 0 Å². The molecule has 0 saturated carbocycles. The van der Waals surface area contributed by atoms with E-state index < -0.39 is 0 Å². The van der Waals surface area contributed by atoms with Crippen molar-refractivity contribution in [1.29, 1.82) is 0 Å². The summed E-state index contributed by atoms with van der Waals surface area (Å²) in [6.07, 6.45) is 2.70. The Bertz CT molecular complexity index is 289. The number of nitrogens with zero attached hydrogens (tertiary/aromatic N) is 1. The molecule has 1 heterocycles. The Morgan fingerprint density at radius 1 is 1.12 bits per heavy atom. The molecule has 0 bridgehead atoms. The van der Waals surface area contributed by atoms with Crippen molar-refractivity contribution in [2.24, 2.45) is 0 Å². The van der Waals surface area contributed by atoms with Gasteiger partial charge in [-0.25, -0.2) is 0 Å². The Hall–Kier alpha value is -0.820. The first-order valence-corrected chi connectivity index (χ1v) is 6.51. The predicted octanol–water partition coefficient (Wildman–Crippen LogP) is 3.83. The van der Waals surface area contributed by atoms with Crippen LogP contribution in [0.25, 0.3) is 0 Å². The lowest BCUT2D eigenvalue weighted by Gasteiger charge is -2.29. The largest absolute Gasteiger partial charge is 0.306 e. The second-order valence-electron chi connectivity index (χ2n) is 4.51. The van der Waals surface area contributed by atoms with Gasteiger partial charge in [0.1, 0.15) is 0 Å². The molecule has 1 aliphatic heterocycles. The molecule has 2 rings (SSSR count). The average Bonchev–Trinajstić information content (AvgIpc) is 2.32. The minimum Gasteiger partial charge on any atom is -0.306 e. The van der Waals surface area contributed by atoms with Crippen LogP contribution in [0.1, 0.15) is 43.7 Å². The molecule has 0 radical (unpaired) electrons. The van der Waals surface area contributed by atoms with Crippen molar-refractivity contribution in [3.05, 3.63) is 35.4 Å². The second kappa shape index (κ2) is 6.70. The Morgan fingerprint density at radius 2 is 1.75 bits per heavy atom. The van der Waals surface area contributed by atoms with E-state index in [9.17, 15) is 0 Å². The molecule has 1 saturated heterocycles. The van der Waals surface area contributed by atoms with Crippen LogP contribution in [-0.4, -0.2) is 25.0 Å². The molecule has 90 valence electrons. The quantitative estimate of drug-likeness (QED) is 0.694. The van der Waals surface area contributed by atoms with Gasteiger partial charge in [-0.15, -0.1) is 0 Å². The van der Waals surface area contributed by atoms with E-state index >= 15 is 0 Å². The predicted molar refractivity (Wildman–Crippen MR) is 72.0 cm³/mol. The molecule has 0 aromatic heterocycles. The summed E-state index contributed by atoms with van der Waals surface area (Å²) in [5.41, 5.74) is 2.88. The van der Waals surface area contributed by atoms with Gasteiger partial charge in [0.2, 0.25) is 0 Å².